The molecule has 0 saturated heterocycles. The summed E-state index contributed by atoms with van der Waals surface area (Å²) in [5.74, 6) is -0.241. The van der Waals surface area contributed by atoms with Crippen LogP contribution < -0.4 is 10.6 Å². The maximum atomic E-state index is 12.2. The molecule has 0 unspecified atom stereocenters. The summed E-state index contributed by atoms with van der Waals surface area (Å²) < 4.78 is 0. The number of rotatable bonds is 4. The molecule has 7 heteroatoms. The van der Waals surface area contributed by atoms with Crippen molar-refractivity contribution in [3.63, 3.8) is 0 Å². The molecule has 0 bridgehead atoms. The van der Waals surface area contributed by atoms with E-state index < -0.39 is 0 Å². The summed E-state index contributed by atoms with van der Waals surface area (Å²) in [4.78, 5) is 28.4. The first kappa shape index (κ1) is 16.4. The summed E-state index contributed by atoms with van der Waals surface area (Å²) in [5, 5.41) is 9.91. The van der Waals surface area contributed by atoms with Crippen molar-refractivity contribution >= 4 is 45.3 Å². The first-order valence-electron chi connectivity index (χ1n) is 7.22. The van der Waals surface area contributed by atoms with E-state index in [4.69, 9.17) is 0 Å². The molecule has 0 aliphatic heterocycles. The number of hydrogen-bond acceptors (Lipinski definition) is 5. The van der Waals surface area contributed by atoms with Crippen molar-refractivity contribution in [3.05, 3.63) is 51.5 Å². The average Bonchev–Trinajstić information content (AvgIpc) is 3.16. The van der Waals surface area contributed by atoms with Crippen molar-refractivity contribution in [2.24, 2.45) is 0 Å². The third kappa shape index (κ3) is 3.69. The molecule has 1 aromatic carbocycles. The van der Waals surface area contributed by atoms with Gasteiger partial charge in [0.25, 0.3) is 5.91 Å². The normalized spacial score (nSPS) is 10.4. The zero-order valence-corrected chi connectivity index (χ0v) is 14.8. The minimum absolute atomic E-state index is 0.106. The molecular formula is C17H15N3O2S2. The first-order chi connectivity index (χ1) is 11.5. The van der Waals surface area contributed by atoms with Crippen molar-refractivity contribution in [3.8, 4) is 11.3 Å². The van der Waals surface area contributed by atoms with Gasteiger partial charge in [-0.15, -0.1) is 22.7 Å². The molecule has 5 nitrogen and oxygen atoms in total. The molecule has 0 aliphatic carbocycles. The Labute approximate surface area is 147 Å². The van der Waals surface area contributed by atoms with Crippen LogP contribution in [0.3, 0.4) is 0 Å². The molecule has 122 valence electrons. The standard InChI is InChI=1S/C17H15N3O2S2/c1-10-7-8-23-15(10)16(22)20-17-19-14(9-24-17)12-3-5-13(6-4-12)18-11(2)21/h3-9H,1-2H3,(H,18,21)(H,19,20,22). The van der Waals surface area contributed by atoms with Gasteiger partial charge in [0, 0.05) is 23.6 Å². The average molecular weight is 357 g/mol. The summed E-state index contributed by atoms with van der Waals surface area (Å²) in [6, 6.07) is 9.33. The van der Waals surface area contributed by atoms with E-state index in [0.717, 1.165) is 22.5 Å². The maximum absolute atomic E-state index is 12.2. The molecule has 3 rings (SSSR count). The maximum Gasteiger partial charge on any atom is 0.267 e. The molecule has 2 N–H and O–H groups in total. The minimum Gasteiger partial charge on any atom is -0.326 e. The third-order valence-corrected chi connectivity index (χ3v) is 5.07. The predicted molar refractivity (Wildman–Crippen MR) is 98.9 cm³/mol. The van der Waals surface area contributed by atoms with E-state index in [1.807, 2.05) is 48.0 Å². The fourth-order valence-corrected chi connectivity index (χ4v) is 3.69. The molecule has 3 aromatic rings. The number of amides is 2. The number of carbonyl (C=O) groups is 2. The molecule has 0 atom stereocenters. The SMILES string of the molecule is CC(=O)Nc1ccc(-c2csc(NC(=O)c3sccc3C)n2)cc1. The Balaban J connectivity index is 1.72. The lowest BCUT2D eigenvalue weighted by Crippen LogP contribution is -2.10. The van der Waals surface area contributed by atoms with Crippen molar-refractivity contribution in [1.29, 1.82) is 0 Å². The molecule has 0 spiro atoms. The number of hydrogen-bond donors (Lipinski definition) is 2. The third-order valence-electron chi connectivity index (χ3n) is 3.29. The molecule has 24 heavy (non-hydrogen) atoms. The van der Waals surface area contributed by atoms with Gasteiger partial charge in [0.2, 0.25) is 5.91 Å². The summed E-state index contributed by atoms with van der Waals surface area (Å²) >= 11 is 2.80. The molecule has 0 radical (unpaired) electrons. The number of thiophene rings is 1. The van der Waals surface area contributed by atoms with Gasteiger partial charge in [-0.3, -0.25) is 14.9 Å². The van der Waals surface area contributed by atoms with Crippen LogP contribution in [0.4, 0.5) is 10.8 Å². The second-order valence-corrected chi connectivity index (χ2v) is 6.96. The van der Waals surface area contributed by atoms with E-state index in [2.05, 4.69) is 15.6 Å². The highest BCUT2D eigenvalue weighted by Gasteiger charge is 2.13. The number of nitrogens with zero attached hydrogens (tertiary/aromatic N) is 1. The van der Waals surface area contributed by atoms with Crippen LogP contribution in [-0.4, -0.2) is 16.8 Å². The van der Waals surface area contributed by atoms with Gasteiger partial charge in [-0.1, -0.05) is 12.1 Å². The van der Waals surface area contributed by atoms with Crippen LogP contribution >= 0.6 is 22.7 Å². The van der Waals surface area contributed by atoms with Gasteiger partial charge in [-0.2, -0.15) is 0 Å². The highest BCUT2D eigenvalue weighted by atomic mass is 32.1. The van der Waals surface area contributed by atoms with E-state index in [9.17, 15) is 9.59 Å². The first-order valence-corrected chi connectivity index (χ1v) is 8.98. The Morgan fingerprint density at radius 2 is 1.79 bits per heavy atom. The van der Waals surface area contributed by atoms with Crippen LogP contribution in [-0.2, 0) is 4.79 Å². The number of anilines is 2. The number of nitrogens with one attached hydrogen (secondary N) is 2. The summed E-state index contributed by atoms with van der Waals surface area (Å²) in [5.41, 5.74) is 3.41. The van der Waals surface area contributed by atoms with Crippen LogP contribution in [0.1, 0.15) is 22.2 Å². The smallest absolute Gasteiger partial charge is 0.267 e. The van der Waals surface area contributed by atoms with Crippen LogP contribution in [0.2, 0.25) is 0 Å². The Hall–Kier alpha value is -2.51. The summed E-state index contributed by atoms with van der Waals surface area (Å²) in [7, 11) is 0. The van der Waals surface area contributed by atoms with Gasteiger partial charge in [-0.05, 0) is 36.1 Å². The molecular weight excluding hydrogens is 342 g/mol. The molecule has 2 heterocycles. The number of aromatic nitrogens is 1. The predicted octanol–water partition coefficient (Wildman–Crippen LogP) is 4.39. The van der Waals surface area contributed by atoms with Gasteiger partial charge >= 0.3 is 0 Å². The second kappa shape index (κ2) is 6.94. The molecule has 2 amide bonds. The summed E-state index contributed by atoms with van der Waals surface area (Å²) in [6.07, 6.45) is 0. The topological polar surface area (TPSA) is 71.1 Å². The Bertz CT molecular complexity index is 881. The fourth-order valence-electron chi connectivity index (χ4n) is 2.15. The van der Waals surface area contributed by atoms with Crippen LogP contribution in [0.25, 0.3) is 11.3 Å². The highest BCUT2D eigenvalue weighted by molar-refractivity contribution is 7.14. The van der Waals surface area contributed by atoms with E-state index in [1.54, 1.807) is 0 Å². The molecule has 0 fully saturated rings. The number of carbonyl (C=O) groups excluding carboxylic acids is 2. The minimum atomic E-state index is -0.135. The van der Waals surface area contributed by atoms with Gasteiger partial charge in [0.1, 0.15) is 0 Å². The quantitative estimate of drug-likeness (QED) is 0.727. The number of benzene rings is 1. The van der Waals surface area contributed by atoms with E-state index >= 15 is 0 Å². The summed E-state index contributed by atoms with van der Waals surface area (Å²) in [6.45, 7) is 3.38. The van der Waals surface area contributed by atoms with Gasteiger partial charge < -0.3 is 5.32 Å². The fraction of sp³-hybridized carbons (Fsp3) is 0.118. The van der Waals surface area contributed by atoms with Crippen LogP contribution in [0.15, 0.2) is 41.1 Å². The lowest BCUT2D eigenvalue weighted by atomic mass is 10.1. The molecule has 0 aliphatic rings. The molecule has 0 saturated carbocycles. The Morgan fingerprint density at radius 3 is 2.42 bits per heavy atom. The van der Waals surface area contributed by atoms with Crippen molar-refractivity contribution in [2.75, 3.05) is 10.6 Å². The van der Waals surface area contributed by atoms with Gasteiger partial charge in [-0.25, -0.2) is 4.98 Å². The zero-order valence-electron chi connectivity index (χ0n) is 13.1. The second-order valence-electron chi connectivity index (χ2n) is 5.18. The Kier molecular flexibility index (Phi) is 4.73. The monoisotopic (exact) mass is 357 g/mol. The number of thiazole rings is 1. The Morgan fingerprint density at radius 1 is 1.04 bits per heavy atom. The zero-order chi connectivity index (χ0) is 17.1. The van der Waals surface area contributed by atoms with Gasteiger partial charge in [0.15, 0.2) is 5.13 Å². The lowest BCUT2D eigenvalue weighted by molar-refractivity contribution is -0.114. The van der Waals surface area contributed by atoms with Crippen molar-refractivity contribution in [1.82, 2.24) is 4.98 Å². The van der Waals surface area contributed by atoms with E-state index in [-0.39, 0.29) is 11.8 Å². The van der Waals surface area contributed by atoms with Crippen molar-refractivity contribution in [2.45, 2.75) is 13.8 Å². The lowest BCUT2D eigenvalue weighted by Gasteiger charge is -2.03. The largest absolute Gasteiger partial charge is 0.326 e. The van der Waals surface area contributed by atoms with E-state index in [0.29, 0.717) is 10.0 Å². The van der Waals surface area contributed by atoms with Crippen LogP contribution in [0, 0.1) is 6.92 Å². The number of aryl methyl sites for hydroxylation is 1. The van der Waals surface area contributed by atoms with Crippen LogP contribution in [0.5, 0.6) is 0 Å². The van der Waals surface area contributed by atoms with E-state index in [1.165, 1.54) is 29.6 Å². The van der Waals surface area contributed by atoms with Crippen molar-refractivity contribution < 1.29 is 9.59 Å². The van der Waals surface area contributed by atoms with Gasteiger partial charge in [0.05, 0.1) is 10.6 Å². The molecule has 2 aromatic heterocycles. The highest BCUT2D eigenvalue weighted by Crippen LogP contribution is 2.27.